The molecule has 0 spiro atoms. The molecule has 1 aliphatic rings. The molecule has 1 aromatic carbocycles. The minimum Gasteiger partial charge on any atom is -0.492 e. The molecule has 5 heteroatoms. The maximum atomic E-state index is 7.34. The lowest BCUT2D eigenvalue weighted by atomic mass is 10.2. The average molecular weight is 268 g/mol. The monoisotopic (exact) mass is 267 g/mol. The van der Waals surface area contributed by atoms with Crippen LogP contribution in [0.3, 0.4) is 0 Å². The highest BCUT2D eigenvalue weighted by Gasteiger charge is 2.25. The SMILES string of the molecule is CN(CCOc1ccc(C(=N)N)c(Cl)c1)C1CC1. The van der Waals surface area contributed by atoms with Crippen molar-refractivity contribution < 1.29 is 4.74 Å². The van der Waals surface area contributed by atoms with Gasteiger partial charge in [0.2, 0.25) is 0 Å². The van der Waals surface area contributed by atoms with E-state index in [1.54, 1.807) is 18.2 Å². The number of nitrogens with zero attached hydrogens (tertiary/aromatic N) is 1. The standard InChI is InChI=1S/C13H18ClN3O/c1-17(9-2-3-9)6-7-18-10-4-5-11(13(15)16)12(14)8-10/h4-5,8-9H,2-3,6-7H2,1H3,(H3,15,16). The zero-order chi connectivity index (χ0) is 13.1. The summed E-state index contributed by atoms with van der Waals surface area (Å²) in [4.78, 5) is 2.31. The first kappa shape index (κ1) is 13.2. The van der Waals surface area contributed by atoms with Gasteiger partial charge in [0.05, 0.1) is 5.02 Å². The lowest BCUT2D eigenvalue weighted by Gasteiger charge is -2.16. The highest BCUT2D eigenvalue weighted by Crippen LogP contribution is 2.25. The summed E-state index contributed by atoms with van der Waals surface area (Å²) in [5.74, 6) is 0.689. The van der Waals surface area contributed by atoms with Crippen LogP contribution in [0.2, 0.25) is 5.02 Å². The molecule has 1 aliphatic carbocycles. The van der Waals surface area contributed by atoms with Gasteiger partial charge >= 0.3 is 0 Å². The number of hydrogen-bond donors (Lipinski definition) is 2. The van der Waals surface area contributed by atoms with Crippen LogP contribution in [-0.2, 0) is 0 Å². The number of hydrogen-bond acceptors (Lipinski definition) is 3. The molecule has 98 valence electrons. The summed E-state index contributed by atoms with van der Waals surface area (Å²) in [5.41, 5.74) is 5.94. The molecule has 1 fully saturated rings. The molecule has 0 atom stereocenters. The van der Waals surface area contributed by atoms with Crippen LogP contribution < -0.4 is 10.5 Å². The van der Waals surface area contributed by atoms with Gasteiger partial charge in [-0.15, -0.1) is 0 Å². The van der Waals surface area contributed by atoms with Gasteiger partial charge < -0.3 is 15.4 Å². The normalized spacial score (nSPS) is 14.8. The van der Waals surface area contributed by atoms with E-state index < -0.39 is 0 Å². The topological polar surface area (TPSA) is 62.3 Å². The molecule has 0 aliphatic heterocycles. The molecule has 0 heterocycles. The fourth-order valence-corrected chi connectivity index (χ4v) is 2.08. The molecule has 0 amide bonds. The van der Waals surface area contributed by atoms with Crippen LogP contribution in [0.15, 0.2) is 18.2 Å². The summed E-state index contributed by atoms with van der Waals surface area (Å²) >= 11 is 6.02. The van der Waals surface area contributed by atoms with Gasteiger partial charge in [0.25, 0.3) is 0 Å². The number of nitrogens with one attached hydrogen (secondary N) is 1. The van der Waals surface area contributed by atoms with Crippen molar-refractivity contribution in [2.45, 2.75) is 18.9 Å². The van der Waals surface area contributed by atoms with Gasteiger partial charge in [-0.1, -0.05) is 11.6 Å². The predicted molar refractivity (Wildman–Crippen MR) is 73.6 cm³/mol. The fourth-order valence-electron chi connectivity index (χ4n) is 1.81. The third-order valence-corrected chi connectivity index (χ3v) is 3.43. The molecular weight excluding hydrogens is 250 g/mol. The van der Waals surface area contributed by atoms with Crippen LogP contribution in [0, 0.1) is 5.41 Å². The van der Waals surface area contributed by atoms with Crippen LogP contribution in [0.4, 0.5) is 0 Å². The number of halogens is 1. The molecule has 0 bridgehead atoms. The van der Waals surface area contributed by atoms with Crippen molar-refractivity contribution in [2.24, 2.45) is 5.73 Å². The van der Waals surface area contributed by atoms with Crippen molar-refractivity contribution in [1.82, 2.24) is 4.90 Å². The second-order valence-corrected chi connectivity index (χ2v) is 5.02. The van der Waals surface area contributed by atoms with Crippen LogP contribution in [0.1, 0.15) is 18.4 Å². The van der Waals surface area contributed by atoms with Gasteiger partial charge in [-0.3, -0.25) is 5.41 Å². The van der Waals surface area contributed by atoms with E-state index in [0.29, 0.717) is 22.9 Å². The first-order chi connectivity index (χ1) is 8.58. The quantitative estimate of drug-likeness (QED) is 0.613. The summed E-state index contributed by atoms with van der Waals surface area (Å²) in [5, 5.41) is 7.80. The third-order valence-electron chi connectivity index (χ3n) is 3.11. The van der Waals surface area contributed by atoms with Crippen molar-refractivity contribution in [3.63, 3.8) is 0 Å². The molecule has 0 aromatic heterocycles. The molecule has 3 N–H and O–H groups in total. The zero-order valence-corrected chi connectivity index (χ0v) is 11.2. The van der Waals surface area contributed by atoms with Gasteiger partial charge in [0, 0.05) is 18.2 Å². The molecule has 0 saturated heterocycles. The Morgan fingerprint density at radius 1 is 1.56 bits per heavy atom. The summed E-state index contributed by atoms with van der Waals surface area (Å²) in [6.45, 7) is 1.56. The molecule has 0 radical (unpaired) electrons. The minimum absolute atomic E-state index is 0.0278. The maximum absolute atomic E-state index is 7.34. The van der Waals surface area contributed by atoms with Crippen LogP contribution in [0.25, 0.3) is 0 Å². The van der Waals surface area contributed by atoms with E-state index in [4.69, 9.17) is 27.5 Å². The summed E-state index contributed by atoms with van der Waals surface area (Å²) in [7, 11) is 2.12. The first-order valence-electron chi connectivity index (χ1n) is 6.05. The van der Waals surface area contributed by atoms with Crippen molar-refractivity contribution in [3.8, 4) is 5.75 Å². The molecule has 4 nitrogen and oxygen atoms in total. The Labute approximate surface area is 112 Å². The zero-order valence-electron chi connectivity index (χ0n) is 10.4. The number of nitrogen functional groups attached to an aromatic ring is 1. The van der Waals surface area contributed by atoms with Crippen molar-refractivity contribution >= 4 is 17.4 Å². The van der Waals surface area contributed by atoms with E-state index in [2.05, 4.69) is 11.9 Å². The third kappa shape index (κ3) is 3.37. The minimum atomic E-state index is -0.0278. The Morgan fingerprint density at radius 3 is 2.83 bits per heavy atom. The Bertz CT molecular complexity index is 446. The highest BCUT2D eigenvalue weighted by molar-refractivity contribution is 6.34. The van der Waals surface area contributed by atoms with Crippen molar-refractivity contribution in [3.05, 3.63) is 28.8 Å². The van der Waals surface area contributed by atoms with Crippen LogP contribution in [-0.4, -0.2) is 37.0 Å². The molecule has 1 aromatic rings. The van der Waals surface area contributed by atoms with Gasteiger partial charge in [-0.05, 0) is 38.1 Å². The number of rotatable bonds is 6. The smallest absolute Gasteiger partial charge is 0.124 e. The Kier molecular flexibility index (Phi) is 4.09. The highest BCUT2D eigenvalue weighted by atomic mass is 35.5. The summed E-state index contributed by atoms with van der Waals surface area (Å²) in [6, 6.07) is 5.96. The van der Waals surface area contributed by atoms with Crippen molar-refractivity contribution in [1.29, 1.82) is 5.41 Å². The Morgan fingerprint density at radius 2 is 2.28 bits per heavy atom. The Balaban J connectivity index is 1.85. The second kappa shape index (κ2) is 5.59. The molecule has 1 saturated carbocycles. The number of likely N-dealkylation sites (N-methyl/N-ethyl adjacent to an activating group) is 1. The summed E-state index contributed by atoms with van der Waals surface area (Å²) in [6.07, 6.45) is 2.60. The number of amidine groups is 1. The Hall–Kier alpha value is -1.26. The maximum Gasteiger partial charge on any atom is 0.124 e. The second-order valence-electron chi connectivity index (χ2n) is 4.62. The van der Waals surface area contributed by atoms with E-state index in [9.17, 15) is 0 Å². The molecule has 2 rings (SSSR count). The largest absolute Gasteiger partial charge is 0.492 e. The molecule has 0 unspecified atom stereocenters. The molecule has 18 heavy (non-hydrogen) atoms. The number of nitrogens with two attached hydrogens (primary N) is 1. The van der Waals surface area contributed by atoms with Crippen LogP contribution >= 0.6 is 11.6 Å². The summed E-state index contributed by atoms with van der Waals surface area (Å²) < 4.78 is 5.63. The first-order valence-corrected chi connectivity index (χ1v) is 6.42. The van der Waals surface area contributed by atoms with E-state index in [0.717, 1.165) is 12.6 Å². The van der Waals surface area contributed by atoms with E-state index in [1.165, 1.54) is 12.8 Å². The molecular formula is C13H18ClN3O. The van der Waals surface area contributed by atoms with E-state index in [-0.39, 0.29) is 5.84 Å². The lowest BCUT2D eigenvalue weighted by molar-refractivity contribution is 0.232. The van der Waals surface area contributed by atoms with Gasteiger partial charge in [0.1, 0.15) is 18.2 Å². The predicted octanol–water partition coefficient (Wildman–Crippen LogP) is 2.10. The van der Waals surface area contributed by atoms with E-state index in [1.807, 2.05) is 0 Å². The van der Waals surface area contributed by atoms with Gasteiger partial charge in [-0.2, -0.15) is 0 Å². The number of benzene rings is 1. The fraction of sp³-hybridized carbons (Fsp3) is 0.462. The average Bonchev–Trinajstić information content (AvgIpc) is 3.12. The van der Waals surface area contributed by atoms with E-state index >= 15 is 0 Å². The lowest BCUT2D eigenvalue weighted by Crippen LogP contribution is -2.26. The van der Waals surface area contributed by atoms with Gasteiger partial charge in [0.15, 0.2) is 0 Å². The van der Waals surface area contributed by atoms with Crippen LogP contribution in [0.5, 0.6) is 5.75 Å². The van der Waals surface area contributed by atoms with Gasteiger partial charge in [-0.25, -0.2) is 0 Å². The number of ether oxygens (including phenoxy) is 1. The van der Waals surface area contributed by atoms with Crippen molar-refractivity contribution in [2.75, 3.05) is 20.2 Å².